The largest absolute Gasteiger partial charge is 0.409 e. The molecule has 1 amide bonds. The Morgan fingerprint density at radius 1 is 1.08 bits per heavy atom. The summed E-state index contributed by atoms with van der Waals surface area (Å²) in [6.45, 7) is 1.86. The first-order valence-electron chi connectivity index (χ1n) is 13.5. The van der Waals surface area contributed by atoms with Gasteiger partial charge in [-0.3, -0.25) is 19.2 Å². The normalized spacial score (nSPS) is 41.4. The maximum Gasteiger partial charge on any atom is 0.409 e. The molecule has 4 heterocycles. The summed E-state index contributed by atoms with van der Waals surface area (Å²) in [6, 6.07) is -0.794. The Labute approximate surface area is 219 Å². The first-order valence-corrected chi connectivity index (χ1v) is 15.4. The Morgan fingerprint density at radius 2 is 1.78 bits per heavy atom. The van der Waals surface area contributed by atoms with Gasteiger partial charge < -0.3 is 4.90 Å². The zero-order chi connectivity index (χ0) is 25.6. The molecular formula is C24H39ClF3N5O2S. The number of likely N-dealkylation sites (tertiary alicyclic amines) is 1. The zero-order valence-electron chi connectivity index (χ0n) is 20.9. The van der Waals surface area contributed by atoms with Gasteiger partial charge in [0.05, 0.1) is 11.7 Å². The molecular weight excluding hydrogens is 515 g/mol. The highest BCUT2D eigenvalue weighted by Crippen LogP contribution is 2.41. The molecule has 0 aromatic carbocycles. The fraction of sp³-hybridized carbons (Fsp3) is 0.958. The van der Waals surface area contributed by atoms with Crippen LogP contribution in [0, 0.1) is 11.8 Å². The average Bonchev–Trinajstić information content (AvgIpc) is 3.24. The van der Waals surface area contributed by atoms with Gasteiger partial charge in [0.2, 0.25) is 5.91 Å². The van der Waals surface area contributed by atoms with Crippen molar-refractivity contribution in [3.05, 3.63) is 0 Å². The Hall–Kier alpha value is -0.460. The van der Waals surface area contributed by atoms with E-state index in [-0.39, 0.29) is 17.7 Å². The predicted molar refractivity (Wildman–Crippen MR) is 133 cm³/mol. The zero-order valence-corrected chi connectivity index (χ0v) is 22.5. The standard InChI is InChI=1S/C24H39ClF3N5O2S/c1-31(23(34)16-8-11-36(35)12-9-16)22(24(26,27)28)15-4-6-17(7-5-15)32-10-2-3-18-19(32)14-29-21-13-20(25)30-33(18)21/h15-22,29-30H,2-14H2,1H3/t15?,16?,17?,18?,19?,20?,21?,22-,36?/m0/s1. The Balaban J connectivity index is 1.22. The van der Waals surface area contributed by atoms with E-state index >= 15 is 0 Å². The van der Waals surface area contributed by atoms with Gasteiger partial charge in [-0.1, -0.05) is 0 Å². The van der Waals surface area contributed by atoms with Crippen molar-refractivity contribution in [1.29, 1.82) is 0 Å². The van der Waals surface area contributed by atoms with Crippen molar-refractivity contribution in [3.8, 4) is 0 Å². The fourth-order valence-corrected chi connectivity index (χ4v) is 9.07. The molecule has 5 aliphatic rings. The number of hydrazine groups is 1. The van der Waals surface area contributed by atoms with Gasteiger partial charge >= 0.3 is 6.18 Å². The molecule has 1 saturated carbocycles. The lowest BCUT2D eigenvalue weighted by atomic mass is 9.78. The molecule has 0 aromatic heterocycles. The van der Waals surface area contributed by atoms with E-state index in [2.05, 4.69) is 20.7 Å². The molecule has 2 N–H and O–H groups in total. The molecule has 0 spiro atoms. The Bertz CT molecular complexity index is 820. The van der Waals surface area contributed by atoms with Crippen molar-refractivity contribution in [1.82, 2.24) is 25.6 Å². The second kappa shape index (κ2) is 11.0. The first kappa shape index (κ1) is 27.1. The van der Waals surface area contributed by atoms with Gasteiger partial charge in [0.1, 0.15) is 6.04 Å². The minimum absolute atomic E-state index is 0.0678. The molecule has 0 bridgehead atoms. The van der Waals surface area contributed by atoms with Gasteiger partial charge in [0.15, 0.2) is 0 Å². The van der Waals surface area contributed by atoms with Gasteiger partial charge in [-0.05, 0) is 63.8 Å². The summed E-state index contributed by atoms with van der Waals surface area (Å²) in [5.41, 5.74) is 3.33. The number of hydrogen-bond donors (Lipinski definition) is 2. The minimum Gasteiger partial charge on any atom is -0.333 e. The summed E-state index contributed by atoms with van der Waals surface area (Å²) in [7, 11) is 0.373. The van der Waals surface area contributed by atoms with Gasteiger partial charge in [0.25, 0.3) is 0 Å². The van der Waals surface area contributed by atoms with E-state index in [1.807, 2.05) is 0 Å². The second-order valence-electron chi connectivity index (χ2n) is 11.3. The number of alkyl halides is 4. The summed E-state index contributed by atoms with van der Waals surface area (Å²) in [4.78, 5) is 16.5. The lowest BCUT2D eigenvalue weighted by Gasteiger charge is -2.53. The highest BCUT2D eigenvalue weighted by atomic mass is 35.5. The molecule has 0 radical (unpaired) electrons. The third kappa shape index (κ3) is 5.47. The van der Waals surface area contributed by atoms with Crippen molar-refractivity contribution in [2.24, 2.45) is 11.8 Å². The number of carbonyl (C=O) groups is 1. The topological polar surface area (TPSA) is 67.9 Å². The number of carbonyl (C=O) groups excluding carboxylic acids is 1. The smallest absolute Gasteiger partial charge is 0.333 e. The Kier molecular flexibility index (Phi) is 8.26. The highest BCUT2D eigenvalue weighted by Gasteiger charge is 2.52. The summed E-state index contributed by atoms with van der Waals surface area (Å²) < 4.78 is 54.5. The molecule has 0 aromatic rings. The molecule has 4 saturated heterocycles. The lowest BCUT2D eigenvalue weighted by molar-refractivity contribution is -0.203. The minimum atomic E-state index is -4.46. The van der Waals surface area contributed by atoms with E-state index in [4.69, 9.17) is 11.6 Å². The van der Waals surface area contributed by atoms with Crippen molar-refractivity contribution < 1.29 is 22.2 Å². The quantitative estimate of drug-likeness (QED) is 0.412. The third-order valence-electron chi connectivity index (χ3n) is 9.26. The van der Waals surface area contributed by atoms with Crippen LogP contribution in [0.5, 0.6) is 0 Å². The summed E-state index contributed by atoms with van der Waals surface area (Å²) in [5.74, 6) is -0.669. The van der Waals surface area contributed by atoms with E-state index in [0.717, 1.165) is 50.1 Å². The SMILES string of the molecule is CN(C(=O)C1CCS(=O)CC1)[C@@H](C1CCC(N2CCCC3C2CNC2CC(Cl)NN23)CC1)C(F)(F)F. The van der Waals surface area contributed by atoms with Crippen LogP contribution in [-0.4, -0.2) is 98.6 Å². The summed E-state index contributed by atoms with van der Waals surface area (Å²) in [5, 5.41) is 5.90. The molecule has 5 fully saturated rings. The number of rotatable bonds is 4. The number of amides is 1. The van der Waals surface area contributed by atoms with E-state index in [9.17, 15) is 22.2 Å². The second-order valence-corrected chi connectivity index (χ2v) is 13.5. The maximum atomic E-state index is 14.3. The monoisotopic (exact) mass is 553 g/mol. The summed E-state index contributed by atoms with van der Waals surface area (Å²) >= 11 is 6.35. The van der Waals surface area contributed by atoms with Crippen LogP contribution < -0.4 is 10.7 Å². The van der Waals surface area contributed by atoms with Gasteiger partial charge in [-0.2, -0.15) is 13.2 Å². The fourth-order valence-electron chi connectivity index (χ4n) is 7.49. The number of nitrogens with zero attached hydrogens (tertiary/aromatic N) is 3. The number of halogens is 4. The molecule has 5 rings (SSSR count). The number of nitrogens with one attached hydrogen (secondary N) is 2. The third-order valence-corrected chi connectivity index (χ3v) is 10.9. The number of piperidine rings is 1. The maximum absolute atomic E-state index is 14.3. The molecule has 1 aliphatic carbocycles. The average molecular weight is 554 g/mol. The van der Waals surface area contributed by atoms with Crippen LogP contribution >= 0.6 is 11.6 Å². The van der Waals surface area contributed by atoms with E-state index < -0.39 is 40.8 Å². The van der Waals surface area contributed by atoms with Crippen LogP contribution in [0.1, 0.15) is 57.8 Å². The predicted octanol–water partition coefficient (Wildman–Crippen LogP) is 2.63. The van der Waals surface area contributed by atoms with Crippen molar-refractivity contribution >= 4 is 28.3 Å². The highest BCUT2D eigenvalue weighted by molar-refractivity contribution is 7.85. The van der Waals surface area contributed by atoms with Crippen LogP contribution in [0.15, 0.2) is 0 Å². The molecule has 12 heteroatoms. The Morgan fingerprint density at radius 3 is 2.44 bits per heavy atom. The molecule has 7 nitrogen and oxygen atoms in total. The molecule has 4 unspecified atom stereocenters. The number of fused-ring (bicyclic) bond motifs is 3. The van der Waals surface area contributed by atoms with Crippen LogP contribution in [0.25, 0.3) is 0 Å². The van der Waals surface area contributed by atoms with E-state index in [1.165, 1.54) is 7.05 Å². The van der Waals surface area contributed by atoms with Gasteiger partial charge in [-0.15, -0.1) is 11.6 Å². The molecule has 5 atom stereocenters. The van der Waals surface area contributed by atoms with Crippen LogP contribution in [0.4, 0.5) is 13.2 Å². The molecule has 206 valence electrons. The van der Waals surface area contributed by atoms with Gasteiger partial charge in [-0.25, -0.2) is 10.4 Å². The van der Waals surface area contributed by atoms with Crippen LogP contribution in [0.3, 0.4) is 0 Å². The lowest BCUT2D eigenvalue weighted by Crippen LogP contribution is -2.70. The van der Waals surface area contributed by atoms with Gasteiger partial charge in [0, 0.05) is 66.4 Å². The van der Waals surface area contributed by atoms with Crippen molar-refractivity contribution in [3.63, 3.8) is 0 Å². The molecule has 4 aliphatic heterocycles. The van der Waals surface area contributed by atoms with Crippen molar-refractivity contribution in [2.45, 2.75) is 99.8 Å². The number of hydrogen-bond acceptors (Lipinski definition) is 6. The van der Waals surface area contributed by atoms with E-state index in [1.54, 1.807) is 0 Å². The van der Waals surface area contributed by atoms with Crippen LogP contribution in [-0.2, 0) is 15.6 Å². The van der Waals surface area contributed by atoms with Crippen LogP contribution in [0.2, 0.25) is 0 Å². The first-order chi connectivity index (χ1) is 17.1. The molecule has 36 heavy (non-hydrogen) atoms. The summed E-state index contributed by atoms with van der Waals surface area (Å²) in [6.07, 6.45) is 2.03. The van der Waals surface area contributed by atoms with E-state index in [0.29, 0.717) is 49.3 Å². The van der Waals surface area contributed by atoms with Crippen molar-refractivity contribution in [2.75, 3.05) is 31.6 Å².